The molecule has 0 heterocycles. The Hall–Kier alpha value is -0.480. The zero-order chi connectivity index (χ0) is 13.9. The van der Waals surface area contributed by atoms with Gasteiger partial charge in [-0.1, -0.05) is 45.0 Å². The Morgan fingerprint density at radius 2 is 1.47 bits per heavy atom. The van der Waals surface area contributed by atoms with E-state index in [9.17, 15) is 0 Å². The van der Waals surface area contributed by atoms with E-state index in [4.69, 9.17) is 0 Å². The van der Waals surface area contributed by atoms with Gasteiger partial charge in [-0.25, -0.2) is 0 Å². The molecule has 19 heavy (non-hydrogen) atoms. The highest BCUT2D eigenvalue weighted by atomic mass is 127. The maximum atomic E-state index is 2.34. The second-order valence-electron chi connectivity index (χ2n) is 5.69. The van der Waals surface area contributed by atoms with Crippen LogP contribution in [-0.4, -0.2) is 0 Å². The van der Waals surface area contributed by atoms with Crippen LogP contribution in [0.25, 0.3) is 0 Å². The van der Waals surface area contributed by atoms with Crippen molar-refractivity contribution in [2.24, 2.45) is 0 Å². The minimum absolute atomic E-state index is 0.235. The molecule has 2 aromatic carbocycles. The van der Waals surface area contributed by atoms with Crippen LogP contribution in [0, 0.1) is 3.57 Å². The van der Waals surface area contributed by atoms with Crippen molar-refractivity contribution in [2.75, 3.05) is 0 Å². The van der Waals surface area contributed by atoms with Crippen molar-refractivity contribution in [3.05, 3.63) is 63.2 Å². The van der Waals surface area contributed by atoms with Crippen molar-refractivity contribution in [3.63, 3.8) is 0 Å². The van der Waals surface area contributed by atoms with E-state index in [0.29, 0.717) is 0 Å². The molecule has 2 rings (SSSR count). The Bertz CT molecular complexity index is 521. The summed E-state index contributed by atoms with van der Waals surface area (Å²) < 4.78 is 1.29. The molecule has 0 saturated carbocycles. The highest BCUT2D eigenvalue weighted by molar-refractivity contribution is 14.1. The molecule has 0 N–H and O–H groups in total. The third kappa shape index (κ3) is 4.53. The van der Waals surface area contributed by atoms with Gasteiger partial charge in [-0.3, -0.25) is 0 Å². The average Bonchev–Trinajstić information content (AvgIpc) is 2.37. The predicted molar refractivity (Wildman–Crippen MR) is 93.9 cm³/mol. The number of hydrogen-bond donors (Lipinski definition) is 0. The number of rotatable bonds is 3. The topological polar surface area (TPSA) is 0 Å². The third-order valence-corrected chi connectivity index (χ3v) is 4.84. The van der Waals surface area contributed by atoms with Crippen LogP contribution in [0.2, 0.25) is 0 Å². The molecule has 0 saturated heterocycles. The zero-order valence-corrected chi connectivity index (χ0v) is 14.6. The van der Waals surface area contributed by atoms with Crippen molar-refractivity contribution in [3.8, 4) is 0 Å². The van der Waals surface area contributed by atoms with Crippen LogP contribution in [0.5, 0.6) is 0 Å². The molecule has 0 spiro atoms. The predicted octanol–water partition coefficient (Wildman–Crippen LogP) is 5.88. The molecule has 0 aliphatic heterocycles. The Balaban J connectivity index is 1.98. The van der Waals surface area contributed by atoms with Gasteiger partial charge < -0.3 is 0 Å². The Kier molecular flexibility index (Phi) is 4.96. The lowest BCUT2D eigenvalue weighted by atomic mass is 9.87. The summed E-state index contributed by atoms with van der Waals surface area (Å²) in [6, 6.07) is 17.7. The number of halogens is 1. The number of benzene rings is 2. The summed E-state index contributed by atoms with van der Waals surface area (Å²) in [6.45, 7) is 6.75. The van der Waals surface area contributed by atoms with Gasteiger partial charge in [0.25, 0.3) is 0 Å². The van der Waals surface area contributed by atoms with Crippen LogP contribution < -0.4 is 0 Å². The zero-order valence-electron chi connectivity index (χ0n) is 11.6. The SMILES string of the molecule is CC(C)(C)c1ccc(SCc2ccc(I)cc2)cc1. The largest absolute Gasteiger partial charge is 0.121 e. The molecule has 0 aliphatic rings. The van der Waals surface area contributed by atoms with Crippen LogP contribution in [0.4, 0.5) is 0 Å². The number of thioether (sulfide) groups is 1. The summed E-state index contributed by atoms with van der Waals surface area (Å²) in [4.78, 5) is 1.34. The molecule has 0 fully saturated rings. The van der Waals surface area contributed by atoms with Crippen LogP contribution in [0.15, 0.2) is 53.4 Å². The van der Waals surface area contributed by atoms with Gasteiger partial charge in [0.15, 0.2) is 0 Å². The van der Waals surface area contributed by atoms with Gasteiger partial charge in [0, 0.05) is 14.2 Å². The van der Waals surface area contributed by atoms with Crippen LogP contribution >= 0.6 is 34.4 Å². The molecule has 0 radical (unpaired) electrons. The van der Waals surface area contributed by atoms with Gasteiger partial charge in [0.2, 0.25) is 0 Å². The Labute approximate surface area is 134 Å². The van der Waals surface area contributed by atoms with Gasteiger partial charge in [0.1, 0.15) is 0 Å². The summed E-state index contributed by atoms with van der Waals surface area (Å²) in [6.07, 6.45) is 0. The van der Waals surface area contributed by atoms with E-state index in [1.165, 1.54) is 19.6 Å². The van der Waals surface area contributed by atoms with Crippen molar-refractivity contribution in [2.45, 2.75) is 36.8 Å². The van der Waals surface area contributed by atoms with E-state index < -0.39 is 0 Å². The first kappa shape index (κ1) is 14.9. The highest BCUT2D eigenvalue weighted by Gasteiger charge is 2.12. The molecule has 0 aromatic heterocycles. The van der Waals surface area contributed by atoms with E-state index in [1.54, 1.807) is 0 Å². The first-order valence-corrected chi connectivity index (χ1v) is 8.49. The van der Waals surface area contributed by atoms with Crippen LogP contribution in [-0.2, 0) is 11.2 Å². The van der Waals surface area contributed by atoms with E-state index in [0.717, 1.165) is 5.75 Å². The van der Waals surface area contributed by atoms with Crippen molar-refractivity contribution in [1.29, 1.82) is 0 Å². The molecule has 0 nitrogen and oxygen atoms in total. The van der Waals surface area contributed by atoms with Gasteiger partial charge >= 0.3 is 0 Å². The first-order chi connectivity index (χ1) is 8.95. The Morgan fingerprint density at radius 3 is 2.00 bits per heavy atom. The smallest absolute Gasteiger partial charge is 0.0232 e. The van der Waals surface area contributed by atoms with E-state index in [2.05, 4.69) is 91.9 Å². The van der Waals surface area contributed by atoms with Gasteiger partial charge in [-0.05, 0) is 63.4 Å². The lowest BCUT2D eigenvalue weighted by Crippen LogP contribution is -2.10. The van der Waals surface area contributed by atoms with Crippen molar-refractivity contribution >= 4 is 34.4 Å². The van der Waals surface area contributed by atoms with Gasteiger partial charge in [-0.15, -0.1) is 11.8 Å². The third-order valence-electron chi connectivity index (χ3n) is 3.04. The minimum Gasteiger partial charge on any atom is -0.121 e. The van der Waals surface area contributed by atoms with E-state index >= 15 is 0 Å². The molecule has 0 bridgehead atoms. The molecule has 2 aromatic rings. The number of hydrogen-bond acceptors (Lipinski definition) is 1. The lowest BCUT2D eigenvalue weighted by molar-refractivity contribution is 0.590. The summed E-state index contributed by atoms with van der Waals surface area (Å²) in [5, 5.41) is 0. The van der Waals surface area contributed by atoms with Crippen molar-refractivity contribution in [1.82, 2.24) is 0 Å². The summed E-state index contributed by atoms with van der Waals surface area (Å²) >= 11 is 4.24. The van der Waals surface area contributed by atoms with Crippen LogP contribution in [0.1, 0.15) is 31.9 Å². The molecule has 0 aliphatic carbocycles. The fraction of sp³-hybridized carbons (Fsp3) is 0.294. The van der Waals surface area contributed by atoms with Gasteiger partial charge in [0.05, 0.1) is 0 Å². The molecule has 0 unspecified atom stereocenters. The summed E-state index contributed by atoms with van der Waals surface area (Å²) in [7, 11) is 0. The quantitative estimate of drug-likeness (QED) is 0.472. The molecule has 0 amide bonds. The molecule has 0 atom stereocenters. The fourth-order valence-electron chi connectivity index (χ4n) is 1.80. The maximum Gasteiger partial charge on any atom is 0.0232 e. The van der Waals surface area contributed by atoms with E-state index in [1.807, 2.05) is 11.8 Å². The normalized spacial score (nSPS) is 11.6. The molecule has 100 valence electrons. The highest BCUT2D eigenvalue weighted by Crippen LogP contribution is 2.27. The second kappa shape index (κ2) is 6.31. The molecular weight excluding hydrogens is 363 g/mol. The lowest BCUT2D eigenvalue weighted by Gasteiger charge is -2.19. The van der Waals surface area contributed by atoms with Crippen molar-refractivity contribution < 1.29 is 0 Å². The first-order valence-electron chi connectivity index (χ1n) is 6.43. The fourth-order valence-corrected chi connectivity index (χ4v) is 3.01. The standard InChI is InChI=1S/C17H19IS/c1-17(2,3)14-6-10-16(11-7-14)19-12-13-4-8-15(18)9-5-13/h4-11H,12H2,1-3H3. The maximum absolute atomic E-state index is 2.34. The Morgan fingerprint density at radius 1 is 0.895 bits per heavy atom. The minimum atomic E-state index is 0.235. The molecular formula is C17H19IS. The second-order valence-corrected chi connectivity index (χ2v) is 7.98. The average molecular weight is 382 g/mol. The van der Waals surface area contributed by atoms with Crippen LogP contribution in [0.3, 0.4) is 0 Å². The molecule has 2 heteroatoms. The summed E-state index contributed by atoms with van der Waals surface area (Å²) in [5.74, 6) is 1.03. The summed E-state index contributed by atoms with van der Waals surface area (Å²) in [5.41, 5.74) is 3.01. The van der Waals surface area contributed by atoms with Gasteiger partial charge in [-0.2, -0.15) is 0 Å². The van der Waals surface area contributed by atoms with E-state index in [-0.39, 0.29) is 5.41 Å². The monoisotopic (exact) mass is 382 g/mol.